The maximum Gasteiger partial charge on any atom is 0.251 e. The highest BCUT2D eigenvalue weighted by molar-refractivity contribution is 5.81. The molecule has 0 radical (unpaired) electrons. The van der Waals surface area contributed by atoms with Crippen molar-refractivity contribution in [2.75, 3.05) is 26.7 Å². The molecule has 3 heterocycles. The third-order valence-corrected chi connectivity index (χ3v) is 4.95. The summed E-state index contributed by atoms with van der Waals surface area (Å²) >= 11 is 0. The Morgan fingerprint density at radius 1 is 1.36 bits per heavy atom. The summed E-state index contributed by atoms with van der Waals surface area (Å²) in [4.78, 5) is 21.4. The van der Waals surface area contributed by atoms with E-state index in [9.17, 15) is 4.79 Å². The van der Waals surface area contributed by atoms with E-state index in [4.69, 9.17) is 4.74 Å². The molecule has 6 heteroatoms. The zero-order valence-electron chi connectivity index (χ0n) is 13.7. The predicted octanol–water partition coefficient (Wildman–Crippen LogP) is 1.19. The smallest absolute Gasteiger partial charge is 0.251 e. The van der Waals surface area contributed by atoms with Crippen molar-refractivity contribution in [3.8, 4) is 0 Å². The number of ether oxygens (including phenoxy) is 1. The minimum Gasteiger partial charge on any atom is -0.365 e. The van der Waals surface area contributed by atoms with Gasteiger partial charge in [0.05, 0.1) is 12.1 Å². The highest BCUT2D eigenvalue weighted by Gasteiger charge is 2.36. The van der Waals surface area contributed by atoms with E-state index < -0.39 is 0 Å². The number of aromatic nitrogens is 2. The van der Waals surface area contributed by atoms with Gasteiger partial charge >= 0.3 is 0 Å². The molecule has 122 valence electrons. The summed E-state index contributed by atoms with van der Waals surface area (Å²) in [7, 11) is 4.10. The standard InChI is InChI=1S/C16H26N4O2/c1-4-12-5-6-14(22-12)16(21)20-10-9-18(2)13(11-20)15-17-7-8-19(15)3/h7-8,12-14H,4-6,9-11H2,1-3H3/t12-,13-,14-/m1/s1. The number of carbonyl (C=O) groups excluding carboxylic acids is 1. The van der Waals surface area contributed by atoms with Gasteiger partial charge in [0.25, 0.3) is 5.91 Å². The fraction of sp³-hybridized carbons (Fsp3) is 0.750. The van der Waals surface area contributed by atoms with Crippen LogP contribution in [0.1, 0.15) is 38.1 Å². The van der Waals surface area contributed by atoms with Gasteiger partial charge in [-0.25, -0.2) is 4.98 Å². The van der Waals surface area contributed by atoms with Crippen LogP contribution in [0, 0.1) is 0 Å². The first-order chi connectivity index (χ1) is 10.6. The lowest BCUT2D eigenvalue weighted by Gasteiger charge is -2.39. The molecule has 3 atom stereocenters. The number of amides is 1. The summed E-state index contributed by atoms with van der Waals surface area (Å²) in [6.45, 7) is 4.45. The summed E-state index contributed by atoms with van der Waals surface area (Å²) in [6, 6.07) is 0.154. The highest BCUT2D eigenvalue weighted by atomic mass is 16.5. The van der Waals surface area contributed by atoms with Crippen molar-refractivity contribution < 1.29 is 9.53 Å². The minimum absolute atomic E-state index is 0.154. The van der Waals surface area contributed by atoms with E-state index >= 15 is 0 Å². The predicted molar refractivity (Wildman–Crippen MR) is 83.3 cm³/mol. The van der Waals surface area contributed by atoms with Crippen molar-refractivity contribution in [1.29, 1.82) is 0 Å². The number of aryl methyl sites for hydroxylation is 1. The van der Waals surface area contributed by atoms with Crippen molar-refractivity contribution in [2.24, 2.45) is 7.05 Å². The Bertz CT molecular complexity index is 530. The molecule has 22 heavy (non-hydrogen) atoms. The Kier molecular flexibility index (Phi) is 4.49. The van der Waals surface area contributed by atoms with Crippen LogP contribution in [0.2, 0.25) is 0 Å². The van der Waals surface area contributed by atoms with Crippen molar-refractivity contribution >= 4 is 5.91 Å². The lowest BCUT2D eigenvalue weighted by atomic mass is 10.1. The molecule has 2 saturated heterocycles. The average Bonchev–Trinajstić information content (AvgIpc) is 3.16. The lowest BCUT2D eigenvalue weighted by molar-refractivity contribution is -0.146. The number of hydrogen-bond acceptors (Lipinski definition) is 4. The van der Waals surface area contributed by atoms with Gasteiger partial charge in [-0.3, -0.25) is 9.69 Å². The molecule has 0 spiro atoms. The third kappa shape index (κ3) is 2.90. The number of rotatable bonds is 3. The number of nitrogens with zero attached hydrogens (tertiary/aromatic N) is 4. The summed E-state index contributed by atoms with van der Waals surface area (Å²) < 4.78 is 7.91. The van der Waals surface area contributed by atoms with Crippen LogP contribution in [0.3, 0.4) is 0 Å². The first-order valence-electron chi connectivity index (χ1n) is 8.21. The Hall–Kier alpha value is -1.40. The number of imidazole rings is 1. The van der Waals surface area contributed by atoms with Gasteiger partial charge in [-0.15, -0.1) is 0 Å². The summed E-state index contributed by atoms with van der Waals surface area (Å²) in [5, 5.41) is 0. The van der Waals surface area contributed by atoms with E-state index in [0.29, 0.717) is 6.54 Å². The first-order valence-corrected chi connectivity index (χ1v) is 8.21. The van der Waals surface area contributed by atoms with Crippen molar-refractivity contribution in [2.45, 2.75) is 44.4 Å². The second-order valence-electron chi connectivity index (χ2n) is 6.41. The van der Waals surface area contributed by atoms with Gasteiger partial charge in [0, 0.05) is 39.1 Å². The van der Waals surface area contributed by atoms with Crippen LogP contribution in [0.15, 0.2) is 12.4 Å². The number of piperazine rings is 1. The molecule has 2 aliphatic heterocycles. The monoisotopic (exact) mass is 306 g/mol. The van der Waals surface area contributed by atoms with E-state index in [2.05, 4.69) is 23.9 Å². The maximum absolute atomic E-state index is 12.7. The third-order valence-electron chi connectivity index (χ3n) is 4.95. The van der Waals surface area contributed by atoms with Gasteiger partial charge in [0.15, 0.2) is 0 Å². The van der Waals surface area contributed by atoms with Crippen LogP contribution >= 0.6 is 0 Å². The van der Waals surface area contributed by atoms with Crippen LogP contribution in [0.5, 0.6) is 0 Å². The molecule has 3 rings (SSSR count). The molecule has 2 aliphatic rings. The lowest BCUT2D eigenvalue weighted by Crippen LogP contribution is -2.52. The molecule has 1 amide bonds. The fourth-order valence-electron chi connectivity index (χ4n) is 3.44. The zero-order chi connectivity index (χ0) is 15.7. The van der Waals surface area contributed by atoms with Crippen LogP contribution in [-0.2, 0) is 16.6 Å². The Labute approximate surface area is 132 Å². The van der Waals surface area contributed by atoms with Gasteiger partial charge < -0.3 is 14.2 Å². The molecular formula is C16H26N4O2. The Balaban J connectivity index is 1.68. The molecule has 0 bridgehead atoms. The Morgan fingerprint density at radius 2 is 2.18 bits per heavy atom. The van der Waals surface area contributed by atoms with Crippen molar-refractivity contribution in [3.05, 3.63) is 18.2 Å². The molecule has 2 fully saturated rings. The molecule has 0 unspecified atom stereocenters. The summed E-state index contributed by atoms with van der Waals surface area (Å²) in [5.74, 6) is 1.17. The van der Waals surface area contributed by atoms with Crippen LogP contribution in [0.4, 0.5) is 0 Å². The number of likely N-dealkylation sites (N-methyl/N-ethyl adjacent to an activating group) is 1. The molecule has 0 aliphatic carbocycles. The quantitative estimate of drug-likeness (QED) is 0.842. The second-order valence-corrected chi connectivity index (χ2v) is 6.41. The molecule has 0 aromatic carbocycles. The first kappa shape index (κ1) is 15.5. The van der Waals surface area contributed by atoms with Gasteiger partial charge in [-0.05, 0) is 26.3 Å². The molecule has 6 nitrogen and oxygen atoms in total. The van der Waals surface area contributed by atoms with E-state index in [0.717, 1.165) is 38.2 Å². The normalized spacial score (nSPS) is 30.0. The van der Waals surface area contributed by atoms with Crippen LogP contribution in [0.25, 0.3) is 0 Å². The SMILES string of the molecule is CC[C@@H]1CC[C@H](C(=O)N2CCN(C)[C@@H](c3nccn3C)C2)O1. The number of hydrogen-bond donors (Lipinski definition) is 0. The maximum atomic E-state index is 12.7. The molecule has 0 N–H and O–H groups in total. The molecule has 1 aromatic heterocycles. The van der Waals surface area contributed by atoms with Gasteiger partial charge in [0.1, 0.15) is 11.9 Å². The second kappa shape index (κ2) is 6.38. The molecular weight excluding hydrogens is 280 g/mol. The largest absolute Gasteiger partial charge is 0.365 e. The van der Waals surface area contributed by atoms with Gasteiger partial charge in [-0.2, -0.15) is 0 Å². The molecule has 1 aromatic rings. The summed E-state index contributed by atoms with van der Waals surface area (Å²) in [5.41, 5.74) is 0. The van der Waals surface area contributed by atoms with Gasteiger partial charge in [0.2, 0.25) is 0 Å². The van der Waals surface area contributed by atoms with Crippen LogP contribution in [-0.4, -0.2) is 64.1 Å². The topological polar surface area (TPSA) is 50.6 Å². The molecule has 0 saturated carbocycles. The summed E-state index contributed by atoms with van der Waals surface area (Å²) in [6.07, 6.45) is 6.64. The average molecular weight is 306 g/mol. The highest BCUT2D eigenvalue weighted by Crippen LogP contribution is 2.27. The zero-order valence-corrected chi connectivity index (χ0v) is 13.7. The minimum atomic E-state index is -0.240. The van der Waals surface area contributed by atoms with E-state index in [1.54, 1.807) is 0 Å². The van der Waals surface area contributed by atoms with Crippen molar-refractivity contribution in [1.82, 2.24) is 19.4 Å². The van der Waals surface area contributed by atoms with E-state index in [1.165, 1.54) is 0 Å². The number of carbonyl (C=O) groups is 1. The van der Waals surface area contributed by atoms with Gasteiger partial charge in [-0.1, -0.05) is 6.92 Å². The van der Waals surface area contributed by atoms with Crippen molar-refractivity contribution in [3.63, 3.8) is 0 Å². The Morgan fingerprint density at radius 3 is 2.82 bits per heavy atom. The van der Waals surface area contributed by atoms with E-state index in [-0.39, 0.29) is 24.2 Å². The van der Waals surface area contributed by atoms with Crippen LogP contribution < -0.4 is 0 Å². The fourth-order valence-corrected chi connectivity index (χ4v) is 3.44. The van der Waals surface area contributed by atoms with E-state index in [1.807, 2.05) is 28.9 Å².